The highest BCUT2D eigenvalue weighted by Gasteiger charge is 2.38. The van der Waals surface area contributed by atoms with Crippen LogP contribution in [0, 0.1) is 5.92 Å². The first-order valence-corrected chi connectivity index (χ1v) is 12.3. The van der Waals surface area contributed by atoms with E-state index in [-0.39, 0.29) is 30.1 Å². The van der Waals surface area contributed by atoms with Crippen LogP contribution in [0.1, 0.15) is 32.0 Å². The third-order valence-electron chi connectivity index (χ3n) is 5.70. The molecule has 0 fully saturated rings. The average molecular weight is 460 g/mol. The topological polar surface area (TPSA) is 83.0 Å². The van der Waals surface area contributed by atoms with E-state index in [1.807, 2.05) is 51.2 Å². The number of aromatic nitrogens is 1. The largest absolute Gasteiger partial charge is 0.487 e. The van der Waals surface area contributed by atoms with Crippen LogP contribution in [-0.4, -0.2) is 66.6 Å². The van der Waals surface area contributed by atoms with Crippen molar-refractivity contribution in [3.05, 3.63) is 59.9 Å². The summed E-state index contributed by atoms with van der Waals surface area (Å²) in [5, 5.41) is 9.74. The fraction of sp³-hybridized carbons (Fsp3) is 0.458. The molecule has 1 aliphatic heterocycles. The van der Waals surface area contributed by atoms with Crippen LogP contribution in [0.4, 0.5) is 0 Å². The van der Waals surface area contributed by atoms with Gasteiger partial charge in [0.15, 0.2) is 0 Å². The van der Waals surface area contributed by atoms with Crippen LogP contribution in [0.5, 0.6) is 5.75 Å². The molecule has 0 saturated carbocycles. The molecule has 1 aromatic carbocycles. The highest BCUT2D eigenvalue weighted by molar-refractivity contribution is 7.89. The van der Waals surface area contributed by atoms with Crippen molar-refractivity contribution < 1.29 is 18.3 Å². The van der Waals surface area contributed by atoms with Crippen LogP contribution in [0.15, 0.2) is 53.6 Å². The quantitative estimate of drug-likeness (QED) is 0.685. The summed E-state index contributed by atoms with van der Waals surface area (Å²) >= 11 is 0. The third kappa shape index (κ3) is 5.56. The Hall–Kier alpha value is -2.26. The van der Waals surface area contributed by atoms with Gasteiger partial charge in [-0.1, -0.05) is 31.2 Å². The lowest BCUT2D eigenvalue weighted by atomic mass is 10.0. The molecule has 0 spiro atoms. The summed E-state index contributed by atoms with van der Waals surface area (Å²) < 4.78 is 34.7. The molecule has 2 heterocycles. The molecule has 3 atom stereocenters. The molecule has 174 valence electrons. The number of hydrogen-bond donors (Lipinski definition) is 1. The van der Waals surface area contributed by atoms with Crippen molar-refractivity contribution in [1.82, 2.24) is 14.2 Å². The first kappa shape index (κ1) is 24.4. The van der Waals surface area contributed by atoms with Gasteiger partial charge in [-0.2, -0.15) is 4.31 Å². The maximum atomic E-state index is 13.5. The molecule has 0 radical (unpaired) electrons. The molecule has 3 rings (SSSR count). The van der Waals surface area contributed by atoms with Gasteiger partial charge in [0.2, 0.25) is 10.0 Å². The zero-order valence-electron chi connectivity index (χ0n) is 19.2. The number of aliphatic hydroxyl groups excluding tert-OH is 1. The maximum Gasteiger partial charge on any atom is 0.247 e. The fourth-order valence-electron chi connectivity index (χ4n) is 3.90. The average Bonchev–Trinajstić information content (AvgIpc) is 2.76. The Kier molecular flexibility index (Phi) is 8.05. The third-order valence-corrected chi connectivity index (χ3v) is 7.72. The second-order valence-corrected chi connectivity index (χ2v) is 10.3. The van der Waals surface area contributed by atoms with Gasteiger partial charge >= 0.3 is 0 Å². The van der Waals surface area contributed by atoms with Crippen molar-refractivity contribution in [2.24, 2.45) is 5.92 Å². The van der Waals surface area contributed by atoms with Gasteiger partial charge in [-0.15, -0.1) is 0 Å². The zero-order chi connectivity index (χ0) is 23.3. The second kappa shape index (κ2) is 10.6. The molecule has 0 unspecified atom stereocenters. The lowest BCUT2D eigenvalue weighted by Gasteiger charge is -2.37. The predicted molar refractivity (Wildman–Crippen MR) is 126 cm³/mol. The molecule has 8 heteroatoms. The van der Waals surface area contributed by atoms with Gasteiger partial charge < -0.3 is 9.84 Å². The summed E-state index contributed by atoms with van der Waals surface area (Å²) in [6.07, 6.45) is 5.34. The van der Waals surface area contributed by atoms with Gasteiger partial charge in [-0.25, -0.2) is 8.42 Å². The highest BCUT2D eigenvalue weighted by Crippen LogP contribution is 2.34. The Morgan fingerprint density at radius 2 is 2.12 bits per heavy atom. The van der Waals surface area contributed by atoms with E-state index < -0.39 is 16.1 Å². The summed E-state index contributed by atoms with van der Waals surface area (Å²) in [6.45, 7) is 6.91. The van der Waals surface area contributed by atoms with E-state index in [0.717, 1.165) is 11.3 Å². The molecular formula is C24H33N3O4S. The molecule has 1 N–H and O–H groups in total. The molecule has 0 bridgehead atoms. The summed E-state index contributed by atoms with van der Waals surface area (Å²) in [4.78, 5) is 6.66. The molecule has 32 heavy (non-hydrogen) atoms. The van der Waals surface area contributed by atoms with Crippen molar-refractivity contribution in [2.45, 2.75) is 44.4 Å². The summed E-state index contributed by atoms with van der Waals surface area (Å²) in [7, 11) is -1.81. The van der Waals surface area contributed by atoms with E-state index in [1.54, 1.807) is 31.3 Å². The van der Waals surface area contributed by atoms with Gasteiger partial charge in [0.05, 0.1) is 12.3 Å². The van der Waals surface area contributed by atoms with E-state index in [4.69, 9.17) is 4.74 Å². The Labute approximate surface area is 191 Å². The SMILES string of the molecule is C/C=C/c1ccc2c(c1)O[C@@H](CN(C)Cc1ccccn1)[C@@H](C)CN([C@H](C)CO)S2(=O)=O. The van der Waals surface area contributed by atoms with Crippen LogP contribution in [0.25, 0.3) is 6.08 Å². The standard InChI is InChI=1S/C24H33N3O4S/c1-5-8-20-10-11-24-22(13-20)31-23(16-26(4)15-21-9-6-7-12-25-21)18(2)14-27(19(3)17-28)32(24,29)30/h5-13,18-19,23,28H,14-17H2,1-4H3/b8-5+/t18-,19+,23-/m0/s1. The zero-order valence-corrected chi connectivity index (χ0v) is 20.0. The van der Waals surface area contributed by atoms with Gasteiger partial charge in [-0.05, 0) is 50.7 Å². The Bertz CT molecular complexity index is 1030. The molecule has 0 saturated heterocycles. The van der Waals surface area contributed by atoms with E-state index in [9.17, 15) is 13.5 Å². The van der Waals surface area contributed by atoms with Crippen LogP contribution in [-0.2, 0) is 16.6 Å². The Balaban J connectivity index is 1.97. The number of ether oxygens (including phenoxy) is 1. The number of allylic oxidation sites excluding steroid dienone is 1. The Morgan fingerprint density at radius 1 is 1.34 bits per heavy atom. The minimum atomic E-state index is -3.82. The number of pyridine rings is 1. The lowest BCUT2D eigenvalue weighted by Crippen LogP contribution is -2.49. The fourth-order valence-corrected chi connectivity index (χ4v) is 5.72. The van der Waals surface area contributed by atoms with Crippen LogP contribution in [0.3, 0.4) is 0 Å². The van der Waals surface area contributed by atoms with Gasteiger partial charge in [0.1, 0.15) is 16.7 Å². The van der Waals surface area contributed by atoms with Gasteiger partial charge in [0.25, 0.3) is 0 Å². The summed E-state index contributed by atoms with van der Waals surface area (Å²) in [6, 6.07) is 10.4. The monoisotopic (exact) mass is 459 g/mol. The van der Waals surface area contributed by atoms with Gasteiger partial charge in [0, 0.05) is 37.8 Å². The van der Waals surface area contributed by atoms with Crippen molar-refractivity contribution in [3.8, 4) is 5.75 Å². The van der Waals surface area contributed by atoms with Gasteiger partial charge in [-0.3, -0.25) is 9.88 Å². The number of sulfonamides is 1. The van der Waals surface area contributed by atoms with E-state index in [0.29, 0.717) is 18.8 Å². The minimum Gasteiger partial charge on any atom is -0.487 e. The molecule has 1 aromatic heterocycles. The predicted octanol–water partition coefficient (Wildman–Crippen LogP) is 3.02. The number of nitrogens with zero attached hydrogens (tertiary/aromatic N) is 3. The minimum absolute atomic E-state index is 0.0940. The Morgan fingerprint density at radius 3 is 2.78 bits per heavy atom. The number of fused-ring (bicyclic) bond motifs is 1. The summed E-state index contributed by atoms with van der Waals surface area (Å²) in [5.41, 5.74) is 1.83. The smallest absolute Gasteiger partial charge is 0.247 e. The molecule has 0 aliphatic carbocycles. The van der Waals surface area contributed by atoms with E-state index in [1.165, 1.54) is 4.31 Å². The second-order valence-electron chi connectivity index (χ2n) is 8.46. The molecule has 0 amide bonds. The number of benzene rings is 1. The lowest BCUT2D eigenvalue weighted by molar-refractivity contribution is 0.0730. The number of aliphatic hydroxyl groups is 1. The molecule has 1 aliphatic rings. The number of rotatable bonds is 7. The maximum absolute atomic E-state index is 13.5. The molecule has 7 nitrogen and oxygen atoms in total. The highest BCUT2D eigenvalue weighted by atomic mass is 32.2. The molecular weight excluding hydrogens is 426 g/mol. The van der Waals surface area contributed by atoms with Crippen molar-refractivity contribution in [1.29, 1.82) is 0 Å². The van der Waals surface area contributed by atoms with E-state index >= 15 is 0 Å². The van der Waals surface area contributed by atoms with Crippen LogP contribution in [0.2, 0.25) is 0 Å². The van der Waals surface area contributed by atoms with E-state index in [2.05, 4.69) is 9.88 Å². The first-order chi connectivity index (χ1) is 15.3. The van der Waals surface area contributed by atoms with Crippen LogP contribution < -0.4 is 4.74 Å². The van der Waals surface area contributed by atoms with Crippen LogP contribution >= 0.6 is 0 Å². The molecule has 2 aromatic rings. The van der Waals surface area contributed by atoms with Crippen molar-refractivity contribution in [2.75, 3.05) is 26.7 Å². The number of likely N-dealkylation sites (N-methyl/N-ethyl adjacent to an activating group) is 1. The van der Waals surface area contributed by atoms with Crippen molar-refractivity contribution >= 4 is 16.1 Å². The summed E-state index contributed by atoms with van der Waals surface area (Å²) in [5.74, 6) is 0.252. The first-order valence-electron chi connectivity index (χ1n) is 10.9. The normalized spacial score (nSPS) is 22.2. The number of hydrogen-bond acceptors (Lipinski definition) is 6. The van der Waals surface area contributed by atoms with Crippen molar-refractivity contribution in [3.63, 3.8) is 0 Å².